The minimum atomic E-state index is 0.711. The third kappa shape index (κ3) is 2.62. The lowest BCUT2D eigenvalue weighted by molar-refractivity contribution is 0.186. The Balaban J connectivity index is 1.93. The number of nitrogens with one attached hydrogen (secondary N) is 1. The molecule has 0 saturated carbocycles. The van der Waals surface area contributed by atoms with Crippen LogP contribution in [-0.2, 0) is 13.1 Å². The van der Waals surface area contributed by atoms with Crippen LogP contribution in [0.2, 0.25) is 0 Å². The predicted octanol–water partition coefficient (Wildman–Crippen LogP) is 1.09. The Morgan fingerprint density at radius 1 is 1.50 bits per heavy atom. The molecule has 4 nitrogen and oxygen atoms in total. The van der Waals surface area contributed by atoms with Crippen LogP contribution in [0.25, 0.3) is 0 Å². The molecule has 0 bridgehead atoms. The van der Waals surface area contributed by atoms with Gasteiger partial charge >= 0.3 is 0 Å². The third-order valence-electron chi connectivity index (χ3n) is 3.47. The van der Waals surface area contributed by atoms with Gasteiger partial charge in [0.2, 0.25) is 0 Å². The van der Waals surface area contributed by atoms with Gasteiger partial charge in [0.15, 0.2) is 0 Å². The molecule has 16 heavy (non-hydrogen) atoms. The van der Waals surface area contributed by atoms with Crippen LogP contribution in [0.3, 0.4) is 0 Å². The molecule has 0 aromatic carbocycles. The van der Waals surface area contributed by atoms with E-state index in [-0.39, 0.29) is 0 Å². The molecule has 0 spiro atoms. The second-order valence-corrected chi connectivity index (χ2v) is 4.53. The van der Waals surface area contributed by atoms with Crippen LogP contribution in [0.5, 0.6) is 0 Å². The molecule has 0 radical (unpaired) electrons. The molecule has 0 unspecified atom stereocenters. The van der Waals surface area contributed by atoms with Crippen molar-refractivity contribution < 1.29 is 0 Å². The first-order chi connectivity index (χ1) is 7.81. The van der Waals surface area contributed by atoms with Gasteiger partial charge in [-0.1, -0.05) is 0 Å². The molecule has 90 valence electrons. The van der Waals surface area contributed by atoms with E-state index < -0.39 is 0 Å². The molecule has 0 amide bonds. The van der Waals surface area contributed by atoms with Crippen molar-refractivity contribution >= 4 is 0 Å². The van der Waals surface area contributed by atoms with Gasteiger partial charge in [-0.15, -0.1) is 0 Å². The van der Waals surface area contributed by atoms with Crippen molar-refractivity contribution in [1.82, 2.24) is 19.8 Å². The first-order valence-corrected chi connectivity index (χ1v) is 6.22. The van der Waals surface area contributed by atoms with Gasteiger partial charge in [0.1, 0.15) is 5.82 Å². The zero-order valence-electron chi connectivity index (χ0n) is 10.3. The Hall–Kier alpha value is -0.870. The topological polar surface area (TPSA) is 33.1 Å². The molecular weight excluding hydrogens is 200 g/mol. The molecule has 1 aliphatic rings. The van der Waals surface area contributed by atoms with E-state index in [1.54, 1.807) is 0 Å². The molecule has 1 aromatic heterocycles. The SMILES string of the molecule is CCn1ccnc1CN(C)C1CCNCC1. The maximum Gasteiger partial charge on any atom is 0.122 e. The maximum absolute atomic E-state index is 4.43. The van der Waals surface area contributed by atoms with E-state index in [0.29, 0.717) is 6.04 Å². The van der Waals surface area contributed by atoms with Crippen molar-refractivity contribution in [2.45, 2.75) is 38.9 Å². The molecule has 1 N–H and O–H groups in total. The summed E-state index contributed by atoms with van der Waals surface area (Å²) in [5.74, 6) is 1.18. The summed E-state index contributed by atoms with van der Waals surface area (Å²) >= 11 is 0. The van der Waals surface area contributed by atoms with Crippen molar-refractivity contribution in [3.05, 3.63) is 18.2 Å². The van der Waals surface area contributed by atoms with E-state index in [9.17, 15) is 0 Å². The van der Waals surface area contributed by atoms with Crippen LogP contribution in [0.4, 0.5) is 0 Å². The van der Waals surface area contributed by atoms with Crippen LogP contribution in [0, 0.1) is 0 Å². The number of hydrogen-bond donors (Lipinski definition) is 1. The number of aryl methyl sites for hydroxylation is 1. The highest BCUT2D eigenvalue weighted by Crippen LogP contribution is 2.12. The van der Waals surface area contributed by atoms with Crippen LogP contribution in [0.1, 0.15) is 25.6 Å². The monoisotopic (exact) mass is 222 g/mol. The molecule has 0 aliphatic carbocycles. The Labute approximate surface area is 97.7 Å². The van der Waals surface area contributed by atoms with Crippen molar-refractivity contribution in [1.29, 1.82) is 0 Å². The Morgan fingerprint density at radius 2 is 2.25 bits per heavy atom. The number of nitrogens with zero attached hydrogens (tertiary/aromatic N) is 3. The van der Waals surface area contributed by atoms with E-state index in [0.717, 1.165) is 26.2 Å². The summed E-state index contributed by atoms with van der Waals surface area (Å²) in [5, 5.41) is 3.40. The van der Waals surface area contributed by atoms with Gasteiger partial charge in [-0.3, -0.25) is 4.90 Å². The van der Waals surface area contributed by atoms with E-state index >= 15 is 0 Å². The number of rotatable bonds is 4. The highest BCUT2D eigenvalue weighted by molar-refractivity contribution is 4.93. The lowest BCUT2D eigenvalue weighted by Gasteiger charge is -2.31. The second-order valence-electron chi connectivity index (χ2n) is 4.53. The van der Waals surface area contributed by atoms with Crippen molar-refractivity contribution in [2.75, 3.05) is 20.1 Å². The zero-order chi connectivity index (χ0) is 11.4. The van der Waals surface area contributed by atoms with Gasteiger partial charge < -0.3 is 9.88 Å². The smallest absolute Gasteiger partial charge is 0.122 e. The number of imidazole rings is 1. The highest BCUT2D eigenvalue weighted by Gasteiger charge is 2.18. The first-order valence-electron chi connectivity index (χ1n) is 6.22. The summed E-state index contributed by atoms with van der Waals surface area (Å²) in [7, 11) is 2.21. The lowest BCUT2D eigenvalue weighted by atomic mass is 10.1. The summed E-state index contributed by atoms with van der Waals surface area (Å²) in [5.41, 5.74) is 0. The molecule has 1 saturated heterocycles. The standard InChI is InChI=1S/C12H22N4/c1-3-16-9-8-14-12(16)10-15(2)11-4-6-13-7-5-11/h8-9,11,13H,3-7,10H2,1-2H3. The Kier molecular flexibility index (Phi) is 3.96. The lowest BCUT2D eigenvalue weighted by Crippen LogP contribution is -2.41. The molecule has 0 atom stereocenters. The Bertz CT molecular complexity index is 315. The summed E-state index contributed by atoms with van der Waals surface area (Å²) < 4.78 is 2.22. The fourth-order valence-corrected chi connectivity index (χ4v) is 2.38. The fraction of sp³-hybridized carbons (Fsp3) is 0.750. The molecule has 2 heterocycles. The molecule has 4 heteroatoms. The zero-order valence-corrected chi connectivity index (χ0v) is 10.3. The van der Waals surface area contributed by atoms with Crippen molar-refractivity contribution in [2.24, 2.45) is 0 Å². The second kappa shape index (κ2) is 5.46. The summed E-state index contributed by atoms with van der Waals surface area (Å²) in [6.45, 7) is 6.44. The molecule has 1 aliphatic heterocycles. The third-order valence-corrected chi connectivity index (χ3v) is 3.47. The summed E-state index contributed by atoms with van der Waals surface area (Å²) in [4.78, 5) is 6.87. The summed E-state index contributed by atoms with van der Waals surface area (Å²) in [6.07, 6.45) is 6.47. The number of hydrogen-bond acceptors (Lipinski definition) is 3. The normalized spacial score (nSPS) is 18.2. The van der Waals surface area contributed by atoms with Crippen LogP contribution in [-0.4, -0.2) is 40.6 Å². The van der Waals surface area contributed by atoms with Crippen LogP contribution in [0.15, 0.2) is 12.4 Å². The molecule has 2 rings (SSSR count). The number of piperidine rings is 1. The maximum atomic E-state index is 4.43. The van der Waals surface area contributed by atoms with Gasteiger partial charge in [-0.05, 0) is 39.9 Å². The van der Waals surface area contributed by atoms with Gasteiger partial charge in [-0.2, -0.15) is 0 Å². The number of aromatic nitrogens is 2. The molecular formula is C12H22N4. The van der Waals surface area contributed by atoms with Crippen LogP contribution >= 0.6 is 0 Å². The van der Waals surface area contributed by atoms with Gasteiger partial charge in [-0.25, -0.2) is 4.98 Å². The largest absolute Gasteiger partial charge is 0.334 e. The average molecular weight is 222 g/mol. The van der Waals surface area contributed by atoms with Crippen LogP contribution < -0.4 is 5.32 Å². The van der Waals surface area contributed by atoms with Gasteiger partial charge in [0, 0.05) is 25.0 Å². The van der Waals surface area contributed by atoms with E-state index in [2.05, 4.69) is 39.9 Å². The fourth-order valence-electron chi connectivity index (χ4n) is 2.38. The molecule has 1 fully saturated rings. The van der Waals surface area contributed by atoms with E-state index in [1.165, 1.54) is 18.7 Å². The van der Waals surface area contributed by atoms with Crippen molar-refractivity contribution in [3.63, 3.8) is 0 Å². The first kappa shape index (κ1) is 11.6. The average Bonchev–Trinajstić information content (AvgIpc) is 2.77. The van der Waals surface area contributed by atoms with E-state index in [1.807, 2.05) is 6.20 Å². The van der Waals surface area contributed by atoms with Gasteiger partial charge in [0.05, 0.1) is 6.54 Å². The molecule has 1 aromatic rings. The predicted molar refractivity (Wildman–Crippen MR) is 65.3 cm³/mol. The quantitative estimate of drug-likeness (QED) is 0.828. The minimum absolute atomic E-state index is 0.711. The van der Waals surface area contributed by atoms with Crippen molar-refractivity contribution in [3.8, 4) is 0 Å². The minimum Gasteiger partial charge on any atom is -0.334 e. The van der Waals surface area contributed by atoms with E-state index in [4.69, 9.17) is 0 Å². The summed E-state index contributed by atoms with van der Waals surface area (Å²) in [6, 6.07) is 0.711. The highest BCUT2D eigenvalue weighted by atomic mass is 15.2. The van der Waals surface area contributed by atoms with Gasteiger partial charge in [0.25, 0.3) is 0 Å². The Morgan fingerprint density at radius 3 is 2.94 bits per heavy atom.